The lowest BCUT2D eigenvalue weighted by molar-refractivity contribution is 0.197. The van der Waals surface area contributed by atoms with Crippen LogP contribution in [-0.4, -0.2) is 31.9 Å². The summed E-state index contributed by atoms with van der Waals surface area (Å²) < 4.78 is 27.6. The number of hydrogen-bond donors (Lipinski definition) is 1. The molecule has 0 saturated carbocycles. The molecule has 1 aliphatic rings. The first-order valence-corrected chi connectivity index (χ1v) is 9.13. The maximum Gasteiger partial charge on any atom is 0.243 e. The van der Waals surface area contributed by atoms with E-state index >= 15 is 0 Å². The summed E-state index contributed by atoms with van der Waals surface area (Å²) in [4.78, 5) is 0.427. The van der Waals surface area contributed by atoms with Gasteiger partial charge in [-0.1, -0.05) is 25.5 Å². The van der Waals surface area contributed by atoms with Gasteiger partial charge in [-0.25, -0.2) is 8.42 Å². The third-order valence-electron chi connectivity index (χ3n) is 4.55. The van der Waals surface area contributed by atoms with Gasteiger partial charge in [-0.2, -0.15) is 4.31 Å². The van der Waals surface area contributed by atoms with Crippen LogP contribution in [0.2, 0.25) is 0 Å². The third-order valence-corrected chi connectivity index (χ3v) is 6.64. The van der Waals surface area contributed by atoms with E-state index in [1.54, 1.807) is 10.4 Å². The van der Waals surface area contributed by atoms with Crippen molar-refractivity contribution >= 4 is 10.0 Å². The molecule has 2 unspecified atom stereocenters. The van der Waals surface area contributed by atoms with Crippen LogP contribution in [0.1, 0.15) is 37.3 Å². The number of piperidine rings is 1. The molecule has 21 heavy (non-hydrogen) atoms. The summed E-state index contributed by atoms with van der Waals surface area (Å²) in [6.45, 7) is 6.90. The number of sulfonamides is 1. The molecule has 4 nitrogen and oxygen atoms in total. The highest BCUT2D eigenvalue weighted by atomic mass is 32.2. The second kappa shape index (κ2) is 6.46. The van der Waals surface area contributed by atoms with Crippen LogP contribution in [-0.2, 0) is 10.0 Å². The lowest BCUT2D eigenvalue weighted by atomic mass is 9.90. The summed E-state index contributed by atoms with van der Waals surface area (Å²) in [6, 6.07) is 5.51. The Hall–Kier alpha value is -0.910. The van der Waals surface area contributed by atoms with Crippen LogP contribution in [0, 0.1) is 19.8 Å². The molecule has 0 radical (unpaired) electrons. The number of nitrogens with zero attached hydrogens (tertiary/aromatic N) is 1. The average molecular weight is 310 g/mol. The van der Waals surface area contributed by atoms with Crippen LogP contribution in [0.25, 0.3) is 0 Å². The molecule has 1 heterocycles. The van der Waals surface area contributed by atoms with Gasteiger partial charge >= 0.3 is 0 Å². The van der Waals surface area contributed by atoms with Crippen molar-refractivity contribution in [3.8, 4) is 0 Å². The van der Waals surface area contributed by atoms with Gasteiger partial charge in [0.1, 0.15) is 0 Å². The van der Waals surface area contributed by atoms with E-state index in [0.29, 0.717) is 23.9 Å². The number of hydrogen-bond acceptors (Lipinski definition) is 3. The van der Waals surface area contributed by atoms with E-state index in [0.717, 1.165) is 30.4 Å². The highest BCUT2D eigenvalue weighted by Gasteiger charge is 2.36. The number of benzene rings is 1. The van der Waals surface area contributed by atoms with Crippen molar-refractivity contribution in [1.29, 1.82) is 0 Å². The fraction of sp³-hybridized carbons (Fsp3) is 0.625. The maximum absolute atomic E-state index is 13.0. The molecular formula is C16H26N2O2S. The lowest BCUT2D eigenvalue weighted by Gasteiger charge is -2.38. The molecule has 1 saturated heterocycles. The lowest BCUT2D eigenvalue weighted by Crippen LogP contribution is -2.49. The highest BCUT2D eigenvalue weighted by molar-refractivity contribution is 7.89. The molecule has 1 aromatic carbocycles. The van der Waals surface area contributed by atoms with Crippen LogP contribution in [0.4, 0.5) is 0 Å². The van der Waals surface area contributed by atoms with Gasteiger partial charge < -0.3 is 5.73 Å². The van der Waals surface area contributed by atoms with Gasteiger partial charge in [0.25, 0.3) is 0 Å². The normalized spacial score (nSPS) is 24.2. The van der Waals surface area contributed by atoms with Crippen LogP contribution in [0.3, 0.4) is 0 Å². The first kappa shape index (κ1) is 16.5. The Balaban J connectivity index is 2.36. The molecule has 0 spiro atoms. The van der Waals surface area contributed by atoms with Crippen molar-refractivity contribution in [3.05, 3.63) is 29.3 Å². The molecule has 0 aromatic heterocycles. The minimum Gasteiger partial charge on any atom is -0.329 e. The second-order valence-corrected chi connectivity index (χ2v) is 7.93. The smallest absolute Gasteiger partial charge is 0.243 e. The standard InChI is InChI=1S/C16H26N2O2S/c1-4-14-7-8-18(15(10-14)11-17)21(19,20)16-9-12(2)5-6-13(16)3/h5-6,9,14-15H,4,7-8,10-11,17H2,1-3H3. The van der Waals surface area contributed by atoms with Gasteiger partial charge in [-0.3, -0.25) is 0 Å². The van der Waals surface area contributed by atoms with Crippen molar-refractivity contribution in [1.82, 2.24) is 4.31 Å². The SMILES string of the molecule is CCC1CCN(S(=O)(=O)c2cc(C)ccc2C)C(CN)C1. The summed E-state index contributed by atoms with van der Waals surface area (Å²) in [5.41, 5.74) is 7.61. The minimum atomic E-state index is -3.45. The number of nitrogens with two attached hydrogens (primary N) is 1. The zero-order chi connectivity index (χ0) is 15.6. The Bertz CT molecular complexity index is 598. The fourth-order valence-corrected chi connectivity index (χ4v) is 5.10. The molecule has 2 rings (SSSR count). The van der Waals surface area contributed by atoms with Gasteiger partial charge in [0.15, 0.2) is 0 Å². The largest absolute Gasteiger partial charge is 0.329 e. The summed E-state index contributed by atoms with van der Waals surface area (Å²) in [7, 11) is -3.45. The molecule has 118 valence electrons. The molecule has 2 atom stereocenters. The van der Waals surface area contributed by atoms with E-state index in [1.165, 1.54) is 0 Å². The molecule has 1 aromatic rings. The summed E-state index contributed by atoms with van der Waals surface area (Å²) in [6.07, 6.45) is 2.89. The Morgan fingerprint density at radius 1 is 1.33 bits per heavy atom. The van der Waals surface area contributed by atoms with E-state index in [9.17, 15) is 8.42 Å². The van der Waals surface area contributed by atoms with E-state index in [1.807, 2.05) is 26.0 Å². The number of rotatable bonds is 4. The molecule has 1 aliphatic heterocycles. The van der Waals surface area contributed by atoms with E-state index in [4.69, 9.17) is 5.73 Å². The zero-order valence-corrected chi connectivity index (χ0v) is 14.0. The Kier molecular flexibility index (Phi) is 5.07. The van der Waals surface area contributed by atoms with Crippen LogP contribution >= 0.6 is 0 Å². The molecule has 2 N–H and O–H groups in total. The highest BCUT2D eigenvalue weighted by Crippen LogP contribution is 2.31. The Labute approximate surface area is 128 Å². The van der Waals surface area contributed by atoms with Gasteiger partial charge in [0.2, 0.25) is 10.0 Å². The van der Waals surface area contributed by atoms with Crippen molar-refractivity contribution in [2.24, 2.45) is 11.7 Å². The predicted molar refractivity (Wildman–Crippen MR) is 85.7 cm³/mol. The Morgan fingerprint density at radius 3 is 2.67 bits per heavy atom. The van der Waals surface area contributed by atoms with E-state index in [-0.39, 0.29) is 6.04 Å². The van der Waals surface area contributed by atoms with Crippen molar-refractivity contribution in [2.75, 3.05) is 13.1 Å². The second-order valence-electron chi connectivity index (χ2n) is 6.07. The van der Waals surface area contributed by atoms with Crippen LogP contribution < -0.4 is 5.73 Å². The molecular weight excluding hydrogens is 284 g/mol. The van der Waals surface area contributed by atoms with Crippen molar-refractivity contribution in [2.45, 2.75) is 51.0 Å². The van der Waals surface area contributed by atoms with Gasteiger partial charge in [-0.05, 0) is 49.8 Å². The van der Waals surface area contributed by atoms with E-state index < -0.39 is 10.0 Å². The zero-order valence-electron chi connectivity index (χ0n) is 13.2. The third kappa shape index (κ3) is 3.30. The molecule has 1 fully saturated rings. The minimum absolute atomic E-state index is 0.0754. The molecule has 0 aliphatic carbocycles. The topological polar surface area (TPSA) is 63.4 Å². The maximum atomic E-state index is 13.0. The van der Waals surface area contributed by atoms with Crippen LogP contribution in [0.5, 0.6) is 0 Å². The van der Waals surface area contributed by atoms with Gasteiger partial charge in [-0.15, -0.1) is 0 Å². The quantitative estimate of drug-likeness (QED) is 0.929. The summed E-state index contributed by atoms with van der Waals surface area (Å²) >= 11 is 0. The van der Waals surface area contributed by atoms with Gasteiger partial charge in [0, 0.05) is 19.1 Å². The van der Waals surface area contributed by atoms with E-state index in [2.05, 4.69) is 6.92 Å². The van der Waals surface area contributed by atoms with Crippen molar-refractivity contribution in [3.63, 3.8) is 0 Å². The fourth-order valence-electron chi connectivity index (χ4n) is 3.13. The van der Waals surface area contributed by atoms with Crippen LogP contribution in [0.15, 0.2) is 23.1 Å². The van der Waals surface area contributed by atoms with Crippen molar-refractivity contribution < 1.29 is 8.42 Å². The summed E-state index contributed by atoms with van der Waals surface area (Å²) in [5.74, 6) is 0.587. The molecule has 0 bridgehead atoms. The molecule has 5 heteroatoms. The predicted octanol–water partition coefficient (Wildman–Crippen LogP) is 2.44. The average Bonchev–Trinajstić information content (AvgIpc) is 2.48. The first-order chi connectivity index (χ1) is 9.90. The first-order valence-electron chi connectivity index (χ1n) is 7.69. The van der Waals surface area contributed by atoms with Gasteiger partial charge in [0.05, 0.1) is 4.90 Å². The Morgan fingerprint density at radius 2 is 2.05 bits per heavy atom. The molecule has 0 amide bonds. The summed E-state index contributed by atoms with van der Waals surface area (Å²) in [5, 5.41) is 0. The monoisotopic (exact) mass is 310 g/mol. The number of aryl methyl sites for hydroxylation is 2.